The lowest BCUT2D eigenvalue weighted by atomic mass is 10.2. The van der Waals surface area contributed by atoms with Gasteiger partial charge in [0.1, 0.15) is 5.75 Å². The first kappa shape index (κ1) is 12.1. The van der Waals surface area contributed by atoms with Crippen LogP contribution in [0.15, 0.2) is 36.6 Å². The number of hydrogen-bond donors (Lipinski definition) is 1. The molecule has 0 atom stereocenters. The Morgan fingerprint density at radius 3 is 2.19 bits per heavy atom. The molecule has 0 saturated heterocycles. The van der Waals surface area contributed by atoms with Crippen LogP contribution in [0.25, 0.3) is 0 Å². The summed E-state index contributed by atoms with van der Waals surface area (Å²) in [5, 5.41) is 8.90. The van der Waals surface area contributed by atoms with Crippen molar-refractivity contribution >= 4 is 5.97 Å². The third-order valence-electron chi connectivity index (χ3n) is 1.64. The van der Waals surface area contributed by atoms with Gasteiger partial charge >= 0.3 is 12.1 Å². The lowest BCUT2D eigenvalue weighted by Crippen LogP contribution is -2.17. The van der Waals surface area contributed by atoms with Crippen molar-refractivity contribution in [2.75, 3.05) is 0 Å². The fourth-order valence-corrected chi connectivity index (χ4v) is 0.826. The number of alkyl halides is 3. The van der Waals surface area contributed by atoms with Gasteiger partial charge in [0, 0.05) is 0 Å². The number of halogens is 3. The van der Waals surface area contributed by atoms with Crippen LogP contribution in [0.2, 0.25) is 0 Å². The van der Waals surface area contributed by atoms with Gasteiger partial charge in [0.2, 0.25) is 5.76 Å². The number of benzene rings is 1. The summed E-state index contributed by atoms with van der Waals surface area (Å²) in [6, 6.07) is 4.60. The van der Waals surface area contributed by atoms with Gasteiger partial charge in [0.25, 0.3) is 0 Å². The SMILES string of the molecule is C=C(OC(=O)c1ccc(O)cc1)C(F)(F)F. The first-order chi connectivity index (χ1) is 7.30. The molecule has 0 aromatic heterocycles. The highest BCUT2D eigenvalue weighted by molar-refractivity contribution is 5.90. The van der Waals surface area contributed by atoms with Crippen LogP contribution in [-0.4, -0.2) is 17.3 Å². The van der Waals surface area contributed by atoms with E-state index in [1.165, 1.54) is 0 Å². The maximum atomic E-state index is 12.0. The molecule has 0 heterocycles. The molecular formula is C10H7F3O3. The molecule has 86 valence electrons. The first-order valence-electron chi connectivity index (χ1n) is 4.08. The highest BCUT2D eigenvalue weighted by Gasteiger charge is 2.35. The van der Waals surface area contributed by atoms with Crippen LogP contribution in [0.3, 0.4) is 0 Å². The van der Waals surface area contributed by atoms with Gasteiger partial charge < -0.3 is 9.84 Å². The lowest BCUT2D eigenvalue weighted by Gasteiger charge is -2.09. The standard InChI is InChI=1S/C10H7F3O3/c1-6(10(11,12)13)16-9(15)7-2-4-8(14)5-3-7/h2-5,14H,1H2. The number of ether oxygens (including phenoxy) is 1. The zero-order valence-electron chi connectivity index (χ0n) is 7.91. The number of esters is 1. The Hall–Kier alpha value is -1.98. The van der Waals surface area contributed by atoms with Crippen molar-refractivity contribution in [2.45, 2.75) is 6.18 Å². The van der Waals surface area contributed by atoms with Crippen LogP contribution in [0.5, 0.6) is 5.75 Å². The van der Waals surface area contributed by atoms with Crippen LogP contribution in [-0.2, 0) is 4.74 Å². The summed E-state index contributed by atoms with van der Waals surface area (Å²) in [5.41, 5.74) is -0.108. The van der Waals surface area contributed by atoms with Crippen LogP contribution in [0, 0.1) is 0 Å². The van der Waals surface area contributed by atoms with Crippen LogP contribution in [0.4, 0.5) is 13.2 Å². The number of phenols is 1. The molecule has 3 nitrogen and oxygen atoms in total. The van der Waals surface area contributed by atoms with Crippen molar-refractivity contribution < 1.29 is 27.8 Å². The summed E-state index contributed by atoms with van der Waals surface area (Å²) in [6.45, 7) is 2.59. The van der Waals surface area contributed by atoms with Gasteiger partial charge in [-0.3, -0.25) is 0 Å². The summed E-state index contributed by atoms with van der Waals surface area (Å²) in [5.74, 6) is -2.86. The van der Waals surface area contributed by atoms with E-state index < -0.39 is 17.9 Å². The zero-order valence-corrected chi connectivity index (χ0v) is 7.91. The van der Waals surface area contributed by atoms with Gasteiger partial charge in [0.15, 0.2) is 0 Å². The van der Waals surface area contributed by atoms with Crippen LogP contribution >= 0.6 is 0 Å². The van der Waals surface area contributed by atoms with E-state index in [1.807, 2.05) is 0 Å². The Labute approximate surface area is 88.8 Å². The van der Waals surface area contributed by atoms with Gasteiger partial charge in [-0.2, -0.15) is 13.2 Å². The molecule has 0 radical (unpaired) electrons. The number of hydrogen-bond acceptors (Lipinski definition) is 3. The molecule has 0 bridgehead atoms. The second-order valence-corrected chi connectivity index (χ2v) is 2.86. The largest absolute Gasteiger partial charge is 0.508 e. The summed E-state index contributed by atoms with van der Waals surface area (Å²) >= 11 is 0. The fraction of sp³-hybridized carbons (Fsp3) is 0.100. The molecule has 1 aromatic carbocycles. The molecule has 0 saturated carbocycles. The maximum Gasteiger partial charge on any atom is 0.449 e. The Bertz CT molecular complexity index is 406. The normalized spacial score (nSPS) is 10.9. The van der Waals surface area contributed by atoms with Gasteiger partial charge in [-0.1, -0.05) is 6.58 Å². The van der Waals surface area contributed by atoms with Crippen molar-refractivity contribution in [3.8, 4) is 5.75 Å². The summed E-state index contributed by atoms with van der Waals surface area (Å²) in [6.07, 6.45) is -4.77. The number of carbonyl (C=O) groups is 1. The Morgan fingerprint density at radius 2 is 1.75 bits per heavy atom. The molecule has 0 aliphatic rings. The van der Waals surface area contributed by atoms with Crippen molar-refractivity contribution in [3.63, 3.8) is 0 Å². The quantitative estimate of drug-likeness (QED) is 0.629. The van der Waals surface area contributed by atoms with Crippen LogP contribution in [0.1, 0.15) is 10.4 Å². The minimum absolute atomic E-state index is 0.105. The van der Waals surface area contributed by atoms with Gasteiger partial charge in [-0.15, -0.1) is 0 Å². The van der Waals surface area contributed by atoms with Crippen LogP contribution < -0.4 is 0 Å². The molecule has 0 aliphatic carbocycles. The Kier molecular flexibility index (Phi) is 3.22. The van der Waals surface area contributed by atoms with E-state index in [4.69, 9.17) is 5.11 Å². The third kappa shape index (κ3) is 3.01. The predicted molar refractivity (Wildman–Crippen MR) is 48.7 cm³/mol. The van der Waals surface area contributed by atoms with E-state index in [0.29, 0.717) is 0 Å². The molecule has 1 rings (SSSR count). The number of phenolic OH excluding ortho intramolecular Hbond substituents is 1. The molecule has 0 unspecified atom stereocenters. The molecule has 1 aromatic rings. The second kappa shape index (κ2) is 4.26. The van der Waals surface area contributed by atoms with Crippen molar-refractivity contribution in [3.05, 3.63) is 42.2 Å². The molecule has 0 fully saturated rings. The van der Waals surface area contributed by atoms with Gasteiger partial charge in [-0.05, 0) is 24.3 Å². The van der Waals surface area contributed by atoms with E-state index in [0.717, 1.165) is 24.3 Å². The van der Waals surface area contributed by atoms with E-state index in [9.17, 15) is 18.0 Å². The number of rotatable bonds is 2. The number of aromatic hydroxyl groups is 1. The van der Waals surface area contributed by atoms with E-state index >= 15 is 0 Å². The third-order valence-corrected chi connectivity index (χ3v) is 1.64. The summed E-state index contributed by atoms with van der Waals surface area (Å²) in [4.78, 5) is 11.1. The number of allylic oxidation sites excluding steroid dienone is 1. The van der Waals surface area contributed by atoms with Crippen molar-refractivity contribution in [1.29, 1.82) is 0 Å². The summed E-state index contributed by atoms with van der Waals surface area (Å²) < 4.78 is 39.9. The van der Waals surface area contributed by atoms with Crippen molar-refractivity contribution in [1.82, 2.24) is 0 Å². The summed E-state index contributed by atoms with van der Waals surface area (Å²) in [7, 11) is 0. The lowest BCUT2D eigenvalue weighted by molar-refractivity contribution is -0.122. The topological polar surface area (TPSA) is 46.5 Å². The minimum Gasteiger partial charge on any atom is -0.508 e. The Balaban J connectivity index is 2.74. The van der Waals surface area contributed by atoms with Gasteiger partial charge in [0.05, 0.1) is 5.56 Å². The zero-order chi connectivity index (χ0) is 12.3. The highest BCUT2D eigenvalue weighted by Crippen LogP contribution is 2.25. The average molecular weight is 232 g/mol. The molecule has 0 spiro atoms. The Morgan fingerprint density at radius 1 is 1.25 bits per heavy atom. The highest BCUT2D eigenvalue weighted by atomic mass is 19.4. The average Bonchev–Trinajstić information content (AvgIpc) is 2.17. The molecule has 6 heteroatoms. The smallest absolute Gasteiger partial charge is 0.449 e. The molecule has 1 N–H and O–H groups in total. The monoisotopic (exact) mass is 232 g/mol. The number of carbonyl (C=O) groups excluding carboxylic acids is 1. The molecule has 16 heavy (non-hydrogen) atoms. The van der Waals surface area contributed by atoms with Gasteiger partial charge in [-0.25, -0.2) is 4.79 Å². The molecule has 0 aliphatic heterocycles. The van der Waals surface area contributed by atoms with E-state index in [-0.39, 0.29) is 11.3 Å². The predicted octanol–water partition coefficient (Wildman–Crippen LogP) is 2.62. The molecule has 0 amide bonds. The van der Waals surface area contributed by atoms with E-state index in [2.05, 4.69) is 11.3 Å². The fourth-order valence-electron chi connectivity index (χ4n) is 0.826. The minimum atomic E-state index is -4.77. The first-order valence-corrected chi connectivity index (χ1v) is 4.08. The van der Waals surface area contributed by atoms with E-state index in [1.54, 1.807) is 0 Å². The maximum absolute atomic E-state index is 12.0. The second-order valence-electron chi connectivity index (χ2n) is 2.86. The molecular weight excluding hydrogens is 225 g/mol. The van der Waals surface area contributed by atoms with Crippen molar-refractivity contribution in [2.24, 2.45) is 0 Å².